The summed E-state index contributed by atoms with van der Waals surface area (Å²) in [4.78, 5) is 14.1. The number of phenols is 1. The van der Waals surface area contributed by atoms with Gasteiger partial charge in [0, 0.05) is 12.1 Å². The van der Waals surface area contributed by atoms with Gasteiger partial charge < -0.3 is 14.7 Å². The topological polar surface area (TPSA) is 49.8 Å². The molecule has 1 aliphatic rings. The molecular formula is C16H14FNO3. The van der Waals surface area contributed by atoms with Crippen molar-refractivity contribution in [2.45, 2.75) is 6.42 Å². The van der Waals surface area contributed by atoms with Crippen molar-refractivity contribution in [2.75, 3.05) is 18.6 Å². The van der Waals surface area contributed by atoms with Crippen LogP contribution in [0, 0.1) is 5.82 Å². The lowest BCUT2D eigenvalue weighted by molar-refractivity contribution is 0.0989. The van der Waals surface area contributed by atoms with Gasteiger partial charge in [0.25, 0.3) is 5.91 Å². The van der Waals surface area contributed by atoms with E-state index in [1.165, 1.54) is 36.3 Å². The Labute approximate surface area is 121 Å². The molecule has 0 bridgehead atoms. The first kappa shape index (κ1) is 13.4. The summed E-state index contributed by atoms with van der Waals surface area (Å²) in [5.74, 6) is -0.426. The van der Waals surface area contributed by atoms with E-state index in [4.69, 9.17) is 4.74 Å². The van der Waals surface area contributed by atoms with Crippen LogP contribution < -0.4 is 9.64 Å². The van der Waals surface area contributed by atoms with E-state index in [2.05, 4.69) is 0 Å². The number of fused-ring (bicyclic) bond motifs is 1. The molecule has 0 saturated carbocycles. The standard InChI is InChI=1S/C16H14FNO3/c1-21-15-5-3-11(8-14(15)19)16(20)18-7-6-10-2-4-12(17)9-13(10)18/h2-5,8-9,19H,6-7H2,1H3. The van der Waals surface area contributed by atoms with Gasteiger partial charge in [-0.15, -0.1) is 0 Å². The first-order valence-corrected chi connectivity index (χ1v) is 6.57. The molecule has 0 saturated heterocycles. The zero-order valence-corrected chi connectivity index (χ0v) is 11.5. The number of aromatic hydroxyl groups is 1. The second-order valence-electron chi connectivity index (χ2n) is 4.87. The van der Waals surface area contributed by atoms with Gasteiger partial charge in [0.05, 0.1) is 12.8 Å². The number of amides is 1. The van der Waals surface area contributed by atoms with Crippen molar-refractivity contribution in [3.63, 3.8) is 0 Å². The fraction of sp³-hybridized carbons (Fsp3) is 0.188. The van der Waals surface area contributed by atoms with E-state index in [0.717, 1.165) is 5.56 Å². The molecule has 0 atom stereocenters. The molecule has 4 nitrogen and oxygen atoms in total. The predicted octanol–water partition coefficient (Wildman–Crippen LogP) is 2.74. The number of rotatable bonds is 2. The van der Waals surface area contributed by atoms with Crippen LogP contribution in [0.1, 0.15) is 15.9 Å². The van der Waals surface area contributed by atoms with Crippen LogP contribution in [0.15, 0.2) is 36.4 Å². The first-order valence-electron chi connectivity index (χ1n) is 6.57. The van der Waals surface area contributed by atoms with E-state index in [-0.39, 0.29) is 17.5 Å². The molecule has 5 heteroatoms. The second kappa shape index (κ2) is 5.09. The number of carbonyl (C=O) groups excluding carboxylic acids is 1. The van der Waals surface area contributed by atoms with Crippen LogP contribution in [0.5, 0.6) is 11.5 Å². The molecule has 21 heavy (non-hydrogen) atoms. The second-order valence-corrected chi connectivity index (χ2v) is 4.87. The molecule has 3 rings (SSSR count). The van der Waals surface area contributed by atoms with Crippen LogP contribution >= 0.6 is 0 Å². The number of carbonyl (C=O) groups is 1. The Bertz CT molecular complexity index is 715. The third-order valence-corrected chi connectivity index (χ3v) is 3.61. The Balaban J connectivity index is 1.94. The van der Waals surface area contributed by atoms with Crippen LogP contribution in [-0.2, 0) is 6.42 Å². The minimum atomic E-state index is -0.369. The quantitative estimate of drug-likeness (QED) is 0.924. The average molecular weight is 287 g/mol. The molecule has 0 fully saturated rings. The molecule has 1 N–H and O–H groups in total. The molecular weight excluding hydrogens is 273 g/mol. The molecule has 108 valence electrons. The number of halogens is 1. The van der Waals surface area contributed by atoms with Gasteiger partial charge in [-0.3, -0.25) is 4.79 Å². The number of hydrogen-bond acceptors (Lipinski definition) is 3. The van der Waals surface area contributed by atoms with Crippen molar-refractivity contribution in [1.29, 1.82) is 0 Å². The zero-order chi connectivity index (χ0) is 15.0. The van der Waals surface area contributed by atoms with Gasteiger partial charge in [-0.2, -0.15) is 0 Å². The Morgan fingerprint density at radius 2 is 2.10 bits per heavy atom. The molecule has 1 aliphatic heterocycles. The van der Waals surface area contributed by atoms with Crippen LogP contribution in [-0.4, -0.2) is 24.7 Å². The number of phenolic OH excluding ortho intramolecular Hbond substituents is 1. The maximum Gasteiger partial charge on any atom is 0.258 e. The van der Waals surface area contributed by atoms with Crippen molar-refractivity contribution in [3.05, 3.63) is 53.3 Å². The SMILES string of the molecule is COc1ccc(C(=O)N2CCc3ccc(F)cc32)cc1O. The summed E-state index contributed by atoms with van der Waals surface area (Å²) in [7, 11) is 1.44. The van der Waals surface area contributed by atoms with Crippen molar-refractivity contribution in [2.24, 2.45) is 0 Å². The van der Waals surface area contributed by atoms with Crippen LogP contribution in [0.2, 0.25) is 0 Å². The number of methoxy groups -OCH3 is 1. The Hall–Kier alpha value is -2.56. The molecule has 0 aliphatic carbocycles. The lowest BCUT2D eigenvalue weighted by Gasteiger charge is -2.18. The highest BCUT2D eigenvalue weighted by molar-refractivity contribution is 6.07. The number of ether oxygens (including phenoxy) is 1. The number of anilines is 1. The van der Waals surface area contributed by atoms with E-state index < -0.39 is 0 Å². The van der Waals surface area contributed by atoms with Gasteiger partial charge in [-0.25, -0.2) is 4.39 Å². The fourth-order valence-electron chi connectivity index (χ4n) is 2.54. The first-order chi connectivity index (χ1) is 10.1. The zero-order valence-electron chi connectivity index (χ0n) is 11.5. The summed E-state index contributed by atoms with van der Waals surface area (Å²) in [5.41, 5.74) is 1.88. The van der Waals surface area contributed by atoms with Gasteiger partial charge in [-0.05, 0) is 42.3 Å². The summed E-state index contributed by atoms with van der Waals surface area (Å²) < 4.78 is 18.3. The Morgan fingerprint density at radius 3 is 2.81 bits per heavy atom. The smallest absolute Gasteiger partial charge is 0.258 e. The van der Waals surface area contributed by atoms with Crippen LogP contribution in [0.25, 0.3) is 0 Å². The molecule has 1 amide bonds. The van der Waals surface area contributed by atoms with E-state index >= 15 is 0 Å². The van der Waals surface area contributed by atoms with Crippen molar-refractivity contribution in [1.82, 2.24) is 0 Å². The number of nitrogens with zero attached hydrogens (tertiary/aromatic N) is 1. The summed E-state index contributed by atoms with van der Waals surface area (Å²) in [5, 5.41) is 9.77. The van der Waals surface area contributed by atoms with Crippen molar-refractivity contribution < 1.29 is 19.0 Å². The third kappa shape index (κ3) is 2.31. The van der Waals surface area contributed by atoms with E-state index in [1.807, 2.05) is 0 Å². The lowest BCUT2D eigenvalue weighted by atomic mass is 10.1. The van der Waals surface area contributed by atoms with E-state index in [1.54, 1.807) is 12.1 Å². The van der Waals surface area contributed by atoms with Gasteiger partial charge in [-0.1, -0.05) is 6.07 Å². The van der Waals surface area contributed by atoms with Gasteiger partial charge >= 0.3 is 0 Å². The normalized spacial score (nSPS) is 13.1. The summed E-state index contributed by atoms with van der Waals surface area (Å²) in [6.07, 6.45) is 0.698. The molecule has 1 heterocycles. The molecule has 2 aromatic carbocycles. The Kier molecular flexibility index (Phi) is 3.25. The number of hydrogen-bond donors (Lipinski definition) is 1. The molecule has 2 aromatic rings. The molecule has 0 unspecified atom stereocenters. The highest BCUT2D eigenvalue weighted by Gasteiger charge is 2.26. The third-order valence-electron chi connectivity index (χ3n) is 3.61. The monoisotopic (exact) mass is 287 g/mol. The number of benzene rings is 2. The summed E-state index contributed by atoms with van der Waals surface area (Å²) in [6, 6.07) is 8.93. The molecule has 0 aromatic heterocycles. The van der Waals surface area contributed by atoms with Crippen molar-refractivity contribution >= 4 is 11.6 Å². The maximum absolute atomic E-state index is 13.4. The highest BCUT2D eigenvalue weighted by atomic mass is 19.1. The van der Waals surface area contributed by atoms with Crippen LogP contribution in [0.3, 0.4) is 0 Å². The van der Waals surface area contributed by atoms with Gasteiger partial charge in [0.1, 0.15) is 5.82 Å². The largest absolute Gasteiger partial charge is 0.504 e. The average Bonchev–Trinajstić information content (AvgIpc) is 2.89. The Morgan fingerprint density at radius 1 is 1.29 bits per heavy atom. The van der Waals surface area contributed by atoms with Crippen molar-refractivity contribution in [3.8, 4) is 11.5 Å². The van der Waals surface area contributed by atoms with E-state index in [9.17, 15) is 14.3 Å². The summed E-state index contributed by atoms with van der Waals surface area (Å²) >= 11 is 0. The van der Waals surface area contributed by atoms with Crippen LogP contribution in [0.4, 0.5) is 10.1 Å². The summed E-state index contributed by atoms with van der Waals surface area (Å²) in [6.45, 7) is 0.504. The van der Waals surface area contributed by atoms with E-state index in [0.29, 0.717) is 30.0 Å². The van der Waals surface area contributed by atoms with Gasteiger partial charge in [0.15, 0.2) is 11.5 Å². The molecule has 0 radical (unpaired) electrons. The predicted molar refractivity (Wildman–Crippen MR) is 76.4 cm³/mol. The minimum absolute atomic E-state index is 0.0954. The molecule has 0 spiro atoms. The minimum Gasteiger partial charge on any atom is -0.504 e. The van der Waals surface area contributed by atoms with Gasteiger partial charge in [0.2, 0.25) is 0 Å². The maximum atomic E-state index is 13.4. The fourth-order valence-corrected chi connectivity index (χ4v) is 2.54. The lowest BCUT2D eigenvalue weighted by Crippen LogP contribution is -2.28. The highest BCUT2D eigenvalue weighted by Crippen LogP contribution is 2.32.